The molecule has 2 rings (SSSR count). The molecule has 1 aromatic rings. The van der Waals surface area contributed by atoms with Crippen molar-refractivity contribution < 1.29 is 14.3 Å². The van der Waals surface area contributed by atoms with Crippen LogP contribution in [0.4, 0.5) is 4.79 Å². The van der Waals surface area contributed by atoms with E-state index in [2.05, 4.69) is 22.0 Å². The average Bonchev–Trinajstić information content (AvgIpc) is 2.51. The molecule has 0 aromatic heterocycles. The Hall–Kier alpha value is -2.67. The molecule has 8 heteroatoms. The molecule has 3 amide bonds. The van der Waals surface area contributed by atoms with Gasteiger partial charge in [0.05, 0.1) is 6.20 Å². The Kier molecular flexibility index (Phi) is 5.48. The van der Waals surface area contributed by atoms with Crippen LogP contribution in [-0.2, 0) is 4.79 Å². The van der Waals surface area contributed by atoms with E-state index < -0.39 is 6.03 Å². The molecule has 1 aliphatic heterocycles. The highest BCUT2D eigenvalue weighted by Gasteiger charge is 2.23. The first-order valence-corrected chi connectivity index (χ1v) is 7.13. The van der Waals surface area contributed by atoms with Crippen molar-refractivity contribution in [2.75, 3.05) is 6.54 Å². The molecule has 0 unspecified atom stereocenters. The standard InChI is InChI=1S/C15H15ClN4O3/c1-10(20-7-6-13(21)19-15(20)22)9-18-14(17-2)23-12-5-3-4-11(16)8-12/h3-5,8-9H,2,6-7H2,1H3,(H,19,21,22)/b10-9+,18-14?. The molecule has 1 aromatic carbocycles. The van der Waals surface area contributed by atoms with Crippen molar-refractivity contribution in [3.05, 3.63) is 41.2 Å². The zero-order valence-corrected chi connectivity index (χ0v) is 13.2. The fraction of sp³-hybridized carbons (Fsp3) is 0.200. The number of urea groups is 1. The summed E-state index contributed by atoms with van der Waals surface area (Å²) >= 11 is 5.87. The zero-order valence-electron chi connectivity index (χ0n) is 12.5. The molecule has 0 atom stereocenters. The summed E-state index contributed by atoms with van der Waals surface area (Å²) in [6.45, 7) is 5.38. The van der Waals surface area contributed by atoms with Gasteiger partial charge in [-0.25, -0.2) is 14.8 Å². The number of aliphatic imine (C=N–C) groups is 2. The zero-order chi connectivity index (χ0) is 16.8. The van der Waals surface area contributed by atoms with E-state index in [1.54, 1.807) is 31.2 Å². The van der Waals surface area contributed by atoms with Crippen LogP contribution >= 0.6 is 11.6 Å². The van der Waals surface area contributed by atoms with Crippen molar-refractivity contribution in [3.63, 3.8) is 0 Å². The highest BCUT2D eigenvalue weighted by atomic mass is 35.5. The van der Waals surface area contributed by atoms with Gasteiger partial charge in [0.1, 0.15) is 5.75 Å². The van der Waals surface area contributed by atoms with E-state index in [-0.39, 0.29) is 18.3 Å². The first kappa shape index (κ1) is 16.7. The van der Waals surface area contributed by atoms with Gasteiger partial charge in [0, 0.05) is 23.7 Å². The Labute approximate surface area is 138 Å². The molecule has 7 nitrogen and oxygen atoms in total. The summed E-state index contributed by atoms with van der Waals surface area (Å²) in [4.78, 5) is 32.0. The summed E-state index contributed by atoms with van der Waals surface area (Å²) < 4.78 is 5.44. The average molecular weight is 335 g/mol. The van der Waals surface area contributed by atoms with Crippen LogP contribution in [-0.4, -0.2) is 36.1 Å². The van der Waals surface area contributed by atoms with Gasteiger partial charge in [0.2, 0.25) is 5.91 Å². The van der Waals surface area contributed by atoms with Crippen molar-refractivity contribution in [1.29, 1.82) is 0 Å². The lowest BCUT2D eigenvalue weighted by molar-refractivity contribution is -0.121. The molecule has 0 radical (unpaired) electrons. The molecule has 1 N–H and O–H groups in total. The van der Waals surface area contributed by atoms with Gasteiger partial charge in [0.15, 0.2) is 0 Å². The number of nitrogens with zero attached hydrogens (tertiary/aromatic N) is 3. The lowest BCUT2D eigenvalue weighted by Gasteiger charge is -2.26. The lowest BCUT2D eigenvalue weighted by Crippen LogP contribution is -2.48. The Morgan fingerprint density at radius 2 is 2.26 bits per heavy atom. The molecule has 23 heavy (non-hydrogen) atoms. The van der Waals surface area contributed by atoms with E-state index in [1.165, 1.54) is 11.1 Å². The fourth-order valence-electron chi connectivity index (χ4n) is 1.85. The summed E-state index contributed by atoms with van der Waals surface area (Å²) in [6, 6.07) is 6.30. The van der Waals surface area contributed by atoms with Crippen LogP contribution < -0.4 is 10.1 Å². The van der Waals surface area contributed by atoms with Crippen LogP contribution in [0.2, 0.25) is 5.02 Å². The Balaban J connectivity index is 2.09. The monoisotopic (exact) mass is 334 g/mol. The topological polar surface area (TPSA) is 83.4 Å². The summed E-state index contributed by atoms with van der Waals surface area (Å²) in [5, 5.41) is 2.76. The van der Waals surface area contributed by atoms with Crippen LogP contribution in [0.1, 0.15) is 13.3 Å². The molecule has 1 saturated heterocycles. The van der Waals surface area contributed by atoms with Gasteiger partial charge < -0.3 is 4.74 Å². The number of amides is 3. The minimum Gasteiger partial charge on any atom is -0.424 e. The number of halogens is 1. The summed E-state index contributed by atoms with van der Waals surface area (Å²) in [6.07, 6.45) is 1.66. The van der Waals surface area contributed by atoms with Crippen LogP contribution in [0.15, 0.2) is 46.1 Å². The molecule has 0 aliphatic carbocycles. The highest BCUT2D eigenvalue weighted by Crippen LogP contribution is 2.17. The first-order valence-electron chi connectivity index (χ1n) is 6.75. The van der Waals surface area contributed by atoms with Crippen LogP contribution in [0.25, 0.3) is 0 Å². The van der Waals surface area contributed by atoms with Crippen LogP contribution in [0, 0.1) is 0 Å². The third-order valence-corrected chi connectivity index (χ3v) is 3.22. The van der Waals surface area contributed by atoms with Gasteiger partial charge in [0.25, 0.3) is 0 Å². The molecule has 120 valence electrons. The summed E-state index contributed by atoms with van der Waals surface area (Å²) in [5.41, 5.74) is 0.547. The van der Waals surface area contributed by atoms with Gasteiger partial charge in [-0.3, -0.25) is 15.0 Å². The van der Waals surface area contributed by atoms with Crippen molar-refractivity contribution >= 4 is 36.3 Å². The number of rotatable bonds is 3. The predicted molar refractivity (Wildman–Crippen MR) is 87.7 cm³/mol. The van der Waals surface area contributed by atoms with E-state index in [9.17, 15) is 9.59 Å². The molecular formula is C15H15ClN4O3. The predicted octanol–water partition coefficient (Wildman–Crippen LogP) is 2.58. The maximum atomic E-state index is 11.7. The lowest BCUT2D eigenvalue weighted by atomic mass is 10.3. The summed E-state index contributed by atoms with van der Waals surface area (Å²) in [5.74, 6) is 0.177. The number of benzene rings is 1. The van der Waals surface area contributed by atoms with Crippen LogP contribution in [0.3, 0.4) is 0 Å². The largest absolute Gasteiger partial charge is 0.424 e. The second kappa shape index (κ2) is 7.55. The van der Waals surface area contributed by atoms with E-state index >= 15 is 0 Å². The molecular weight excluding hydrogens is 320 g/mol. The van der Waals surface area contributed by atoms with Gasteiger partial charge in [-0.15, -0.1) is 0 Å². The van der Waals surface area contributed by atoms with Gasteiger partial charge in [-0.1, -0.05) is 17.7 Å². The molecule has 0 saturated carbocycles. The van der Waals surface area contributed by atoms with E-state index in [1.807, 2.05) is 0 Å². The first-order chi connectivity index (χ1) is 11.0. The minimum absolute atomic E-state index is 0.0140. The number of ether oxygens (including phenoxy) is 1. The van der Waals surface area contributed by atoms with Crippen molar-refractivity contribution in [2.24, 2.45) is 9.98 Å². The second-order valence-electron chi connectivity index (χ2n) is 4.65. The quantitative estimate of drug-likeness (QED) is 0.681. The maximum Gasteiger partial charge on any atom is 0.328 e. The Morgan fingerprint density at radius 1 is 1.48 bits per heavy atom. The van der Waals surface area contributed by atoms with E-state index in [0.29, 0.717) is 23.0 Å². The third kappa shape index (κ3) is 4.65. The minimum atomic E-state index is -0.478. The smallest absolute Gasteiger partial charge is 0.328 e. The number of amidine groups is 1. The summed E-state index contributed by atoms with van der Waals surface area (Å²) in [7, 11) is 0. The number of allylic oxidation sites excluding steroid dienone is 1. The molecule has 1 fully saturated rings. The Bertz CT molecular complexity index is 700. The van der Waals surface area contributed by atoms with Gasteiger partial charge >= 0.3 is 12.1 Å². The Morgan fingerprint density at radius 3 is 2.91 bits per heavy atom. The number of carbonyl (C=O) groups excluding carboxylic acids is 2. The van der Waals surface area contributed by atoms with E-state index in [0.717, 1.165) is 0 Å². The normalized spacial score (nSPS) is 16.2. The molecule has 0 bridgehead atoms. The number of hydrogen-bond donors (Lipinski definition) is 1. The van der Waals surface area contributed by atoms with Gasteiger partial charge in [-0.2, -0.15) is 0 Å². The van der Waals surface area contributed by atoms with Gasteiger partial charge in [-0.05, 0) is 31.8 Å². The molecule has 0 spiro atoms. The maximum absolute atomic E-state index is 11.7. The van der Waals surface area contributed by atoms with E-state index in [4.69, 9.17) is 16.3 Å². The molecule has 1 aliphatic rings. The molecule has 1 heterocycles. The number of nitrogens with one attached hydrogen (secondary N) is 1. The highest BCUT2D eigenvalue weighted by molar-refractivity contribution is 6.30. The fourth-order valence-corrected chi connectivity index (χ4v) is 2.03. The van der Waals surface area contributed by atoms with Crippen molar-refractivity contribution in [3.8, 4) is 5.75 Å². The third-order valence-electron chi connectivity index (χ3n) is 2.98. The number of hydrogen-bond acceptors (Lipinski definition) is 4. The second-order valence-corrected chi connectivity index (χ2v) is 5.09. The SMILES string of the molecule is C=NC(=N/C=C(\C)N1CCC(=O)NC1=O)Oc1cccc(Cl)c1. The van der Waals surface area contributed by atoms with Crippen LogP contribution in [0.5, 0.6) is 5.75 Å². The van der Waals surface area contributed by atoms with Crippen molar-refractivity contribution in [2.45, 2.75) is 13.3 Å². The van der Waals surface area contributed by atoms with Crippen molar-refractivity contribution in [1.82, 2.24) is 10.2 Å². The number of imide groups is 1. The number of carbonyl (C=O) groups is 2.